The molecule has 1 N–H and O–H groups in total. The summed E-state index contributed by atoms with van der Waals surface area (Å²) in [6.07, 6.45) is 8.52. The number of hydrogen-bond acceptors (Lipinski definition) is 2. The van der Waals surface area contributed by atoms with Crippen LogP contribution >= 0.6 is 0 Å². The van der Waals surface area contributed by atoms with Crippen molar-refractivity contribution in [2.45, 2.75) is 51.2 Å². The Bertz CT molecular complexity index is 1090. The number of aliphatic hydroxyl groups is 1. The molecule has 1 aliphatic carbocycles. The standard InChI is InChI=1S/C26H27FN2O/c1-25-17-29-18-28-24(20-9-11-22(27)12-10-20)23(29)16-21(25)8-5-14-26(25,30)15-13-19-6-3-2-4-7-19/h2-4,6-7,9-12,16,18,30H,5,8,13-15,17H2,1H3. The lowest BCUT2D eigenvalue weighted by molar-refractivity contribution is -0.0923. The second kappa shape index (κ2) is 7.21. The molecule has 1 aliphatic heterocycles. The van der Waals surface area contributed by atoms with E-state index in [-0.39, 0.29) is 11.2 Å². The third kappa shape index (κ3) is 3.10. The molecule has 2 heterocycles. The van der Waals surface area contributed by atoms with Crippen LogP contribution in [0.5, 0.6) is 0 Å². The quantitative estimate of drug-likeness (QED) is 0.613. The van der Waals surface area contributed by atoms with Gasteiger partial charge in [-0.05, 0) is 68.0 Å². The van der Waals surface area contributed by atoms with E-state index in [0.29, 0.717) is 6.54 Å². The van der Waals surface area contributed by atoms with Gasteiger partial charge in [0, 0.05) is 17.5 Å². The number of hydrogen-bond donors (Lipinski definition) is 1. The molecule has 2 unspecified atom stereocenters. The molecule has 1 saturated carbocycles. The van der Waals surface area contributed by atoms with Gasteiger partial charge in [0.25, 0.3) is 0 Å². The smallest absolute Gasteiger partial charge is 0.123 e. The minimum Gasteiger partial charge on any atom is -0.389 e. The van der Waals surface area contributed by atoms with Crippen LogP contribution in [0.25, 0.3) is 17.3 Å². The maximum Gasteiger partial charge on any atom is 0.123 e. The fourth-order valence-corrected chi connectivity index (χ4v) is 5.30. The maximum absolute atomic E-state index is 13.4. The summed E-state index contributed by atoms with van der Waals surface area (Å²) >= 11 is 0. The van der Waals surface area contributed by atoms with Gasteiger partial charge in [-0.1, -0.05) is 42.8 Å². The van der Waals surface area contributed by atoms with E-state index in [1.165, 1.54) is 23.3 Å². The molecule has 3 nitrogen and oxygen atoms in total. The van der Waals surface area contributed by atoms with E-state index in [0.717, 1.165) is 49.1 Å². The number of nitrogens with zero attached hydrogens (tertiary/aromatic N) is 2. The topological polar surface area (TPSA) is 38.0 Å². The van der Waals surface area contributed by atoms with Gasteiger partial charge in [-0.15, -0.1) is 0 Å². The summed E-state index contributed by atoms with van der Waals surface area (Å²) in [7, 11) is 0. The number of imidazole rings is 1. The Balaban J connectivity index is 1.47. The molecule has 4 heteroatoms. The second-order valence-electron chi connectivity index (χ2n) is 8.99. The third-order valence-electron chi connectivity index (χ3n) is 7.24. The van der Waals surface area contributed by atoms with E-state index in [4.69, 9.17) is 0 Å². The zero-order valence-corrected chi connectivity index (χ0v) is 17.3. The Hall–Kier alpha value is -2.72. The molecular weight excluding hydrogens is 375 g/mol. The van der Waals surface area contributed by atoms with E-state index in [1.807, 2.05) is 12.4 Å². The largest absolute Gasteiger partial charge is 0.389 e. The maximum atomic E-state index is 13.4. The van der Waals surface area contributed by atoms with Crippen LogP contribution in [0.4, 0.5) is 4.39 Å². The van der Waals surface area contributed by atoms with Crippen LogP contribution in [-0.2, 0) is 13.0 Å². The summed E-state index contributed by atoms with van der Waals surface area (Å²) in [5.41, 5.74) is 4.37. The van der Waals surface area contributed by atoms with Crippen molar-refractivity contribution in [2.24, 2.45) is 5.41 Å². The van der Waals surface area contributed by atoms with Gasteiger partial charge in [-0.3, -0.25) is 0 Å². The van der Waals surface area contributed by atoms with Gasteiger partial charge < -0.3 is 9.67 Å². The zero-order valence-electron chi connectivity index (χ0n) is 17.3. The molecule has 1 aromatic heterocycles. The Morgan fingerprint density at radius 1 is 1.10 bits per heavy atom. The van der Waals surface area contributed by atoms with Crippen molar-refractivity contribution in [2.75, 3.05) is 0 Å². The van der Waals surface area contributed by atoms with Crippen molar-refractivity contribution in [3.63, 3.8) is 0 Å². The van der Waals surface area contributed by atoms with Gasteiger partial charge >= 0.3 is 0 Å². The highest BCUT2D eigenvalue weighted by atomic mass is 19.1. The Morgan fingerprint density at radius 2 is 1.87 bits per heavy atom. The average Bonchev–Trinajstić information content (AvgIpc) is 3.15. The Morgan fingerprint density at radius 3 is 2.63 bits per heavy atom. The molecule has 2 aromatic carbocycles. The molecule has 2 aliphatic rings. The van der Waals surface area contributed by atoms with Gasteiger partial charge in [-0.2, -0.15) is 0 Å². The van der Waals surface area contributed by atoms with Crippen molar-refractivity contribution in [3.05, 3.63) is 83.6 Å². The molecule has 5 rings (SSSR count). The fourth-order valence-electron chi connectivity index (χ4n) is 5.30. The lowest BCUT2D eigenvalue weighted by Gasteiger charge is -2.52. The van der Waals surface area contributed by atoms with Gasteiger partial charge in [0.2, 0.25) is 0 Å². The second-order valence-corrected chi connectivity index (χ2v) is 8.99. The number of aromatic nitrogens is 2. The monoisotopic (exact) mass is 402 g/mol. The van der Waals surface area contributed by atoms with Crippen LogP contribution < -0.4 is 0 Å². The highest BCUT2D eigenvalue weighted by Gasteiger charge is 2.52. The molecule has 0 amide bonds. The third-order valence-corrected chi connectivity index (χ3v) is 7.24. The van der Waals surface area contributed by atoms with E-state index >= 15 is 0 Å². The number of benzene rings is 2. The van der Waals surface area contributed by atoms with Crippen LogP contribution in [0.15, 0.2) is 66.5 Å². The summed E-state index contributed by atoms with van der Waals surface area (Å²) in [5.74, 6) is -0.242. The molecule has 0 bridgehead atoms. The van der Waals surface area contributed by atoms with Crippen molar-refractivity contribution in [3.8, 4) is 11.3 Å². The molecule has 30 heavy (non-hydrogen) atoms. The van der Waals surface area contributed by atoms with E-state index in [2.05, 4.69) is 46.8 Å². The van der Waals surface area contributed by atoms with Crippen molar-refractivity contribution in [1.29, 1.82) is 0 Å². The van der Waals surface area contributed by atoms with Crippen LogP contribution in [0.1, 0.15) is 43.9 Å². The molecule has 0 radical (unpaired) electrons. The first kappa shape index (κ1) is 19.3. The van der Waals surface area contributed by atoms with Gasteiger partial charge in [0.15, 0.2) is 0 Å². The first-order valence-corrected chi connectivity index (χ1v) is 10.8. The van der Waals surface area contributed by atoms with Gasteiger partial charge in [0.1, 0.15) is 5.82 Å². The first-order chi connectivity index (χ1) is 14.5. The van der Waals surface area contributed by atoms with Crippen LogP contribution in [0, 0.1) is 11.2 Å². The van der Waals surface area contributed by atoms with Crippen molar-refractivity contribution >= 4 is 6.08 Å². The highest BCUT2D eigenvalue weighted by Crippen LogP contribution is 2.53. The number of halogens is 1. The summed E-state index contributed by atoms with van der Waals surface area (Å²) in [5, 5.41) is 11.9. The van der Waals surface area contributed by atoms with Gasteiger partial charge in [0.05, 0.1) is 23.3 Å². The molecule has 0 saturated heterocycles. The molecule has 2 atom stereocenters. The zero-order chi connectivity index (χ0) is 20.8. The molecule has 3 aromatic rings. The van der Waals surface area contributed by atoms with Crippen LogP contribution in [0.2, 0.25) is 0 Å². The highest BCUT2D eigenvalue weighted by molar-refractivity contribution is 5.72. The van der Waals surface area contributed by atoms with E-state index in [9.17, 15) is 9.50 Å². The number of rotatable bonds is 4. The first-order valence-electron chi connectivity index (χ1n) is 10.8. The van der Waals surface area contributed by atoms with E-state index in [1.54, 1.807) is 12.1 Å². The predicted molar refractivity (Wildman–Crippen MR) is 117 cm³/mol. The summed E-state index contributed by atoms with van der Waals surface area (Å²) in [4.78, 5) is 4.64. The Kier molecular flexibility index (Phi) is 4.62. The normalized spacial score (nSPS) is 25.4. The van der Waals surface area contributed by atoms with Gasteiger partial charge in [-0.25, -0.2) is 9.37 Å². The number of fused-ring (bicyclic) bond motifs is 2. The predicted octanol–water partition coefficient (Wildman–Crippen LogP) is 5.64. The van der Waals surface area contributed by atoms with Crippen molar-refractivity contribution in [1.82, 2.24) is 9.55 Å². The lowest BCUT2D eigenvalue weighted by atomic mass is 9.58. The molecule has 0 spiro atoms. The van der Waals surface area contributed by atoms with Crippen LogP contribution in [0.3, 0.4) is 0 Å². The Labute approximate surface area is 176 Å². The summed E-state index contributed by atoms with van der Waals surface area (Å²) in [6.45, 7) is 2.93. The molecular formula is C26H27FN2O. The SMILES string of the molecule is CC12Cn3cnc(-c4ccc(F)cc4)c3C=C1CCCC2(O)CCc1ccccc1. The lowest BCUT2D eigenvalue weighted by Crippen LogP contribution is -2.53. The van der Waals surface area contributed by atoms with Crippen LogP contribution in [-0.4, -0.2) is 20.3 Å². The average molecular weight is 403 g/mol. The summed E-state index contributed by atoms with van der Waals surface area (Å²) in [6, 6.07) is 16.9. The number of aryl methyl sites for hydroxylation is 1. The molecule has 1 fully saturated rings. The fraction of sp³-hybridized carbons (Fsp3) is 0.346. The minimum absolute atomic E-state index is 0.242. The minimum atomic E-state index is -0.745. The summed E-state index contributed by atoms with van der Waals surface area (Å²) < 4.78 is 15.5. The van der Waals surface area contributed by atoms with E-state index < -0.39 is 5.60 Å². The molecule has 154 valence electrons. The van der Waals surface area contributed by atoms with Crippen molar-refractivity contribution < 1.29 is 9.50 Å².